The summed E-state index contributed by atoms with van der Waals surface area (Å²) in [6, 6.07) is 3.23. The van der Waals surface area contributed by atoms with Crippen LogP contribution in [0.1, 0.15) is 0 Å². The molecule has 1 heterocycles. The van der Waals surface area contributed by atoms with E-state index in [1.165, 1.54) is 20.4 Å². The van der Waals surface area contributed by atoms with Gasteiger partial charge < -0.3 is 19.5 Å². The Hall–Kier alpha value is -2.31. The molecular weight excluding hydrogens is 228 g/mol. The maximum Gasteiger partial charge on any atom is 0.414 e. The Balaban J connectivity index is 2.53. The molecule has 0 aliphatic carbocycles. The van der Waals surface area contributed by atoms with Crippen molar-refractivity contribution in [1.29, 1.82) is 0 Å². The van der Waals surface area contributed by atoms with Gasteiger partial charge in [0.2, 0.25) is 0 Å². The molecule has 1 aromatic heterocycles. The van der Waals surface area contributed by atoms with Crippen LogP contribution in [-0.4, -0.2) is 37.8 Å². The zero-order chi connectivity index (χ0) is 12.7. The fourth-order valence-corrected chi connectivity index (χ4v) is 0.948. The molecule has 7 heteroatoms. The minimum Gasteiger partial charge on any atom is -0.491 e. The molecule has 1 amide bonds. The van der Waals surface area contributed by atoms with Crippen molar-refractivity contribution in [3.63, 3.8) is 0 Å². The number of aromatic nitrogens is 1. The summed E-state index contributed by atoms with van der Waals surface area (Å²) in [6.45, 7) is -0.273. The van der Waals surface area contributed by atoms with E-state index in [2.05, 4.69) is 15.0 Å². The van der Waals surface area contributed by atoms with Gasteiger partial charge in [0, 0.05) is 6.20 Å². The maximum atomic E-state index is 11.3. The van der Waals surface area contributed by atoms with Crippen LogP contribution in [0.15, 0.2) is 18.3 Å². The predicted octanol–water partition coefficient (Wildman–Crippen LogP) is 0.352. The molecule has 0 unspecified atom stereocenters. The predicted molar refractivity (Wildman–Crippen MR) is 56.8 cm³/mol. The van der Waals surface area contributed by atoms with Crippen LogP contribution in [0, 0.1) is 0 Å². The molecule has 0 spiro atoms. The van der Waals surface area contributed by atoms with E-state index in [1.807, 2.05) is 0 Å². The first-order chi connectivity index (χ1) is 8.17. The second-order valence-corrected chi connectivity index (χ2v) is 2.83. The molecule has 0 aromatic carbocycles. The van der Waals surface area contributed by atoms with Crippen molar-refractivity contribution in [3.05, 3.63) is 18.3 Å². The van der Waals surface area contributed by atoms with Gasteiger partial charge in [0.25, 0.3) is 5.88 Å². The minimum absolute atomic E-state index is 0.0253. The minimum atomic E-state index is -0.813. The van der Waals surface area contributed by atoms with E-state index < -0.39 is 12.1 Å². The summed E-state index contributed by atoms with van der Waals surface area (Å²) >= 11 is 0. The third-order valence-electron chi connectivity index (χ3n) is 1.75. The van der Waals surface area contributed by atoms with Crippen LogP contribution in [0.5, 0.6) is 11.6 Å². The monoisotopic (exact) mass is 240 g/mol. The summed E-state index contributed by atoms with van der Waals surface area (Å²) in [5.74, 6) is -0.229. The molecule has 92 valence electrons. The summed E-state index contributed by atoms with van der Waals surface area (Å²) < 4.78 is 14.1. The lowest BCUT2D eigenvalue weighted by Crippen LogP contribution is -2.32. The van der Waals surface area contributed by atoms with Gasteiger partial charge in [-0.15, -0.1) is 0 Å². The molecular formula is C10H12N2O5. The number of pyridine rings is 1. The first-order valence-corrected chi connectivity index (χ1v) is 4.69. The van der Waals surface area contributed by atoms with Crippen molar-refractivity contribution in [2.24, 2.45) is 0 Å². The van der Waals surface area contributed by atoms with Crippen molar-refractivity contribution in [1.82, 2.24) is 10.3 Å². The van der Waals surface area contributed by atoms with Crippen LogP contribution >= 0.6 is 0 Å². The number of carbonyl (C=O) groups is 2. The SMILES string of the molecule is COC(=O)CNC(=O)Oc1ncccc1OC. The molecule has 0 atom stereocenters. The summed E-state index contributed by atoms with van der Waals surface area (Å²) in [4.78, 5) is 25.8. The Morgan fingerprint density at radius 3 is 2.82 bits per heavy atom. The lowest BCUT2D eigenvalue weighted by molar-refractivity contribution is -0.139. The molecule has 0 bridgehead atoms. The topological polar surface area (TPSA) is 86.8 Å². The van der Waals surface area contributed by atoms with E-state index in [-0.39, 0.29) is 12.4 Å². The molecule has 0 aliphatic heterocycles. The maximum absolute atomic E-state index is 11.3. The van der Waals surface area contributed by atoms with Crippen LogP contribution < -0.4 is 14.8 Å². The number of carbonyl (C=O) groups excluding carboxylic acids is 2. The lowest BCUT2D eigenvalue weighted by atomic mass is 10.4. The standard InChI is InChI=1S/C10H12N2O5/c1-15-7-4-3-5-11-9(7)17-10(14)12-6-8(13)16-2/h3-5H,6H2,1-2H3,(H,12,14). The largest absolute Gasteiger partial charge is 0.491 e. The molecule has 0 aliphatic rings. The van der Waals surface area contributed by atoms with E-state index in [9.17, 15) is 9.59 Å². The van der Waals surface area contributed by atoms with Crippen LogP contribution in [0.4, 0.5) is 4.79 Å². The number of nitrogens with zero attached hydrogens (tertiary/aromatic N) is 1. The number of hydrogen-bond donors (Lipinski definition) is 1. The number of nitrogens with one attached hydrogen (secondary N) is 1. The number of hydrogen-bond acceptors (Lipinski definition) is 6. The molecule has 0 radical (unpaired) electrons. The van der Waals surface area contributed by atoms with Gasteiger partial charge in [-0.25, -0.2) is 9.78 Å². The van der Waals surface area contributed by atoms with E-state index in [0.29, 0.717) is 5.75 Å². The molecule has 17 heavy (non-hydrogen) atoms. The summed E-state index contributed by atoms with van der Waals surface area (Å²) in [5.41, 5.74) is 0. The Morgan fingerprint density at radius 1 is 1.41 bits per heavy atom. The van der Waals surface area contributed by atoms with Gasteiger partial charge in [0.15, 0.2) is 5.75 Å². The van der Waals surface area contributed by atoms with Gasteiger partial charge in [-0.05, 0) is 12.1 Å². The quantitative estimate of drug-likeness (QED) is 0.764. The van der Waals surface area contributed by atoms with Crippen molar-refractivity contribution < 1.29 is 23.8 Å². The van der Waals surface area contributed by atoms with Gasteiger partial charge in [0.1, 0.15) is 6.54 Å². The first-order valence-electron chi connectivity index (χ1n) is 4.69. The van der Waals surface area contributed by atoms with Crippen LogP contribution in [0.25, 0.3) is 0 Å². The second-order valence-electron chi connectivity index (χ2n) is 2.83. The van der Waals surface area contributed by atoms with Crippen molar-refractivity contribution in [2.45, 2.75) is 0 Å². The molecule has 0 saturated heterocycles. The second kappa shape index (κ2) is 6.31. The Morgan fingerprint density at radius 2 is 2.18 bits per heavy atom. The highest BCUT2D eigenvalue weighted by Crippen LogP contribution is 2.22. The van der Waals surface area contributed by atoms with E-state index in [1.54, 1.807) is 12.1 Å². The summed E-state index contributed by atoms with van der Waals surface area (Å²) in [7, 11) is 2.65. The smallest absolute Gasteiger partial charge is 0.414 e. The Labute approximate surface area is 97.7 Å². The molecule has 0 saturated carbocycles. The van der Waals surface area contributed by atoms with Crippen molar-refractivity contribution >= 4 is 12.1 Å². The molecule has 1 rings (SSSR count). The van der Waals surface area contributed by atoms with Gasteiger partial charge in [-0.1, -0.05) is 0 Å². The first kappa shape index (κ1) is 12.8. The van der Waals surface area contributed by atoms with Crippen LogP contribution in [-0.2, 0) is 9.53 Å². The third-order valence-corrected chi connectivity index (χ3v) is 1.75. The summed E-state index contributed by atoms with van der Waals surface area (Å²) in [5, 5.41) is 2.20. The van der Waals surface area contributed by atoms with E-state index >= 15 is 0 Å². The van der Waals surface area contributed by atoms with E-state index in [0.717, 1.165) is 0 Å². The molecule has 1 aromatic rings. The normalized spacial score (nSPS) is 9.29. The van der Waals surface area contributed by atoms with E-state index in [4.69, 9.17) is 9.47 Å². The highest BCUT2D eigenvalue weighted by Gasteiger charge is 2.11. The lowest BCUT2D eigenvalue weighted by Gasteiger charge is -2.07. The Kier molecular flexibility index (Phi) is 4.74. The summed E-state index contributed by atoms with van der Waals surface area (Å²) in [6.07, 6.45) is 0.637. The zero-order valence-electron chi connectivity index (χ0n) is 9.43. The number of rotatable bonds is 4. The average molecular weight is 240 g/mol. The molecule has 0 fully saturated rings. The molecule has 7 nitrogen and oxygen atoms in total. The van der Waals surface area contributed by atoms with Gasteiger partial charge in [0.05, 0.1) is 14.2 Å². The van der Waals surface area contributed by atoms with Gasteiger partial charge in [-0.3, -0.25) is 4.79 Å². The number of esters is 1. The van der Waals surface area contributed by atoms with Gasteiger partial charge in [-0.2, -0.15) is 0 Å². The van der Waals surface area contributed by atoms with Crippen molar-refractivity contribution in [2.75, 3.05) is 20.8 Å². The fourth-order valence-electron chi connectivity index (χ4n) is 0.948. The number of methoxy groups -OCH3 is 2. The number of ether oxygens (including phenoxy) is 3. The molecule has 1 N–H and O–H groups in total. The third kappa shape index (κ3) is 3.98. The van der Waals surface area contributed by atoms with Crippen LogP contribution in [0.3, 0.4) is 0 Å². The highest BCUT2D eigenvalue weighted by atomic mass is 16.6. The highest BCUT2D eigenvalue weighted by molar-refractivity contribution is 5.78. The van der Waals surface area contributed by atoms with Crippen molar-refractivity contribution in [3.8, 4) is 11.6 Å². The fraction of sp³-hybridized carbons (Fsp3) is 0.300. The Bertz CT molecular complexity index is 407. The zero-order valence-corrected chi connectivity index (χ0v) is 9.43. The number of amides is 1. The average Bonchev–Trinajstić information content (AvgIpc) is 2.36. The van der Waals surface area contributed by atoms with Crippen LogP contribution in [0.2, 0.25) is 0 Å². The van der Waals surface area contributed by atoms with Gasteiger partial charge >= 0.3 is 12.1 Å².